The van der Waals surface area contributed by atoms with E-state index in [0.29, 0.717) is 47.7 Å². The third kappa shape index (κ3) is 6.31. The fourth-order valence-corrected chi connectivity index (χ4v) is 5.53. The number of anilines is 1. The molecule has 0 spiro atoms. The summed E-state index contributed by atoms with van der Waals surface area (Å²) < 4.78 is 1.68. The van der Waals surface area contributed by atoms with Crippen LogP contribution in [-0.4, -0.2) is 84.0 Å². The SMILES string of the molecule is CCCSc1nc(N(C)[C@H]2CC2c2ccc(Cl)cc2)c2nnn([C@@H]3CC[C@@H](O)[C@H]3O)c2n1.CCNC(=O)O. The van der Waals surface area contributed by atoms with Crippen molar-refractivity contribution in [3.8, 4) is 0 Å². The van der Waals surface area contributed by atoms with Gasteiger partial charge in [0.25, 0.3) is 0 Å². The van der Waals surface area contributed by atoms with Crippen LogP contribution >= 0.6 is 23.4 Å². The minimum atomic E-state index is -0.961. The van der Waals surface area contributed by atoms with Gasteiger partial charge in [0.2, 0.25) is 0 Å². The largest absolute Gasteiger partial charge is 0.465 e. The highest BCUT2D eigenvalue weighted by molar-refractivity contribution is 7.99. The number of nitrogens with one attached hydrogen (secondary N) is 1. The van der Waals surface area contributed by atoms with E-state index in [4.69, 9.17) is 26.7 Å². The second-order valence-corrected chi connectivity index (χ2v) is 11.0. The summed E-state index contributed by atoms with van der Waals surface area (Å²) in [5, 5.41) is 40.6. The Bertz CT molecular complexity index is 1240. The number of nitrogens with zero attached hydrogens (tertiary/aromatic N) is 6. The fraction of sp³-hybridized carbons (Fsp3) is 0.560. The number of thioether (sulfide) groups is 1. The molecule has 1 unspecified atom stereocenters. The average Bonchev–Trinajstić information content (AvgIpc) is 3.48. The first-order valence-corrected chi connectivity index (χ1v) is 14.2. The van der Waals surface area contributed by atoms with Crippen LogP contribution in [0.3, 0.4) is 0 Å². The lowest BCUT2D eigenvalue weighted by atomic mass is 10.1. The maximum Gasteiger partial charge on any atom is 0.404 e. The van der Waals surface area contributed by atoms with Crippen LogP contribution in [0, 0.1) is 0 Å². The molecule has 0 radical (unpaired) electrons. The molecule has 206 valence electrons. The molecule has 11 nitrogen and oxygen atoms in total. The van der Waals surface area contributed by atoms with Crippen molar-refractivity contribution in [3.63, 3.8) is 0 Å². The lowest BCUT2D eigenvalue weighted by Crippen LogP contribution is -2.28. The van der Waals surface area contributed by atoms with Crippen molar-refractivity contribution in [2.24, 2.45) is 0 Å². The molecule has 2 fully saturated rings. The molecule has 5 atom stereocenters. The van der Waals surface area contributed by atoms with Crippen molar-refractivity contribution >= 4 is 46.4 Å². The molecule has 0 aliphatic heterocycles. The van der Waals surface area contributed by atoms with Crippen LogP contribution in [0.1, 0.15) is 57.1 Å². The summed E-state index contributed by atoms with van der Waals surface area (Å²) in [4.78, 5) is 21.3. The van der Waals surface area contributed by atoms with Crippen molar-refractivity contribution in [3.05, 3.63) is 34.9 Å². The van der Waals surface area contributed by atoms with Gasteiger partial charge in [0, 0.05) is 36.3 Å². The van der Waals surface area contributed by atoms with Gasteiger partial charge >= 0.3 is 6.09 Å². The molecule has 38 heavy (non-hydrogen) atoms. The van der Waals surface area contributed by atoms with Gasteiger partial charge in [-0.25, -0.2) is 19.4 Å². The second kappa shape index (κ2) is 12.5. The van der Waals surface area contributed by atoms with Gasteiger partial charge < -0.3 is 25.5 Å². The van der Waals surface area contributed by atoms with Crippen LogP contribution in [-0.2, 0) is 0 Å². The highest BCUT2D eigenvalue weighted by atomic mass is 35.5. The molecular weight excluding hydrogens is 530 g/mol. The number of aliphatic hydroxyl groups is 2. The topological polar surface area (TPSA) is 150 Å². The Morgan fingerprint density at radius 3 is 2.53 bits per heavy atom. The normalized spacial score (nSPS) is 24.1. The molecule has 1 amide bonds. The number of aromatic nitrogens is 5. The lowest BCUT2D eigenvalue weighted by molar-refractivity contribution is 0.0215. The Labute approximate surface area is 230 Å². The molecule has 2 aromatic heterocycles. The summed E-state index contributed by atoms with van der Waals surface area (Å²) >= 11 is 7.66. The predicted molar refractivity (Wildman–Crippen MR) is 147 cm³/mol. The van der Waals surface area contributed by atoms with E-state index in [9.17, 15) is 15.0 Å². The number of hydrogen-bond acceptors (Lipinski definition) is 9. The molecule has 1 aromatic carbocycles. The molecule has 0 saturated heterocycles. The Hall–Kier alpha value is -2.67. The summed E-state index contributed by atoms with van der Waals surface area (Å²) in [5.74, 6) is 2.09. The highest BCUT2D eigenvalue weighted by Gasteiger charge is 2.43. The van der Waals surface area contributed by atoms with Crippen LogP contribution in [0.2, 0.25) is 5.02 Å². The number of carbonyl (C=O) groups is 1. The van der Waals surface area contributed by atoms with Gasteiger partial charge in [-0.2, -0.15) is 0 Å². The molecule has 2 heterocycles. The fourth-order valence-electron chi connectivity index (χ4n) is 4.72. The average molecular weight is 564 g/mol. The summed E-state index contributed by atoms with van der Waals surface area (Å²) in [6.45, 7) is 4.34. The smallest absolute Gasteiger partial charge is 0.404 e. The monoisotopic (exact) mass is 563 g/mol. The van der Waals surface area contributed by atoms with Gasteiger partial charge in [0.15, 0.2) is 22.1 Å². The number of amides is 1. The molecule has 5 rings (SSSR count). The highest BCUT2D eigenvalue weighted by Crippen LogP contribution is 2.46. The van der Waals surface area contributed by atoms with Gasteiger partial charge in [-0.1, -0.05) is 47.6 Å². The van der Waals surface area contributed by atoms with Crippen LogP contribution in [0.5, 0.6) is 0 Å². The molecule has 2 aliphatic rings. The number of fused-ring (bicyclic) bond motifs is 1. The van der Waals surface area contributed by atoms with Gasteiger partial charge in [-0.05, 0) is 50.3 Å². The molecular formula is C25H34ClN7O4S. The third-order valence-electron chi connectivity index (χ3n) is 6.80. The molecule has 13 heteroatoms. The first-order chi connectivity index (χ1) is 18.2. The van der Waals surface area contributed by atoms with Gasteiger partial charge in [0.1, 0.15) is 6.10 Å². The summed E-state index contributed by atoms with van der Waals surface area (Å²) in [6.07, 6.45) is 0.635. The van der Waals surface area contributed by atoms with Gasteiger partial charge in [-0.15, -0.1) is 5.10 Å². The van der Waals surface area contributed by atoms with Gasteiger partial charge in [0.05, 0.1) is 12.1 Å². The number of benzene rings is 1. The van der Waals surface area contributed by atoms with Crippen molar-refractivity contribution in [1.29, 1.82) is 0 Å². The van der Waals surface area contributed by atoms with Crippen molar-refractivity contribution in [2.45, 2.75) is 74.9 Å². The summed E-state index contributed by atoms with van der Waals surface area (Å²) in [7, 11) is 2.05. The van der Waals surface area contributed by atoms with E-state index < -0.39 is 18.3 Å². The van der Waals surface area contributed by atoms with E-state index in [1.54, 1.807) is 23.4 Å². The lowest BCUT2D eigenvalue weighted by Gasteiger charge is -2.20. The van der Waals surface area contributed by atoms with E-state index in [0.717, 1.165) is 29.4 Å². The zero-order valence-corrected chi connectivity index (χ0v) is 23.2. The quantitative estimate of drug-likeness (QED) is 0.236. The van der Waals surface area contributed by atoms with Crippen LogP contribution in [0.25, 0.3) is 11.2 Å². The number of likely N-dealkylation sites (N-methyl/N-ethyl adjacent to an activating group) is 1. The Balaban J connectivity index is 0.000000505. The Morgan fingerprint density at radius 2 is 1.95 bits per heavy atom. The second-order valence-electron chi connectivity index (χ2n) is 9.49. The maximum atomic E-state index is 10.4. The number of aliphatic hydroxyl groups excluding tert-OH is 2. The Morgan fingerprint density at radius 1 is 1.21 bits per heavy atom. The predicted octanol–water partition coefficient (Wildman–Crippen LogP) is 3.70. The number of rotatable bonds is 8. The summed E-state index contributed by atoms with van der Waals surface area (Å²) in [5.41, 5.74) is 2.51. The zero-order chi connectivity index (χ0) is 27.4. The molecule has 4 N–H and O–H groups in total. The molecule has 0 bridgehead atoms. The van der Waals surface area contributed by atoms with Crippen LogP contribution in [0.4, 0.5) is 10.6 Å². The minimum Gasteiger partial charge on any atom is -0.465 e. The standard InChI is InChI=1S/C22H27ClN6O2S.C3H7NO2/c1-3-10-32-22-24-20(28(2)16-11-14(16)12-4-6-13(23)7-5-12)18-21(25-22)29(27-26-18)15-8-9-17(30)19(15)31;1-2-4-3(5)6/h4-7,14-17,19,30-31H,3,8-11H2,1-2H3;4H,2H2,1H3,(H,5,6)/t14?,15-,16+,17-,19+;/m1./s1. The van der Waals surface area contributed by atoms with E-state index in [1.165, 1.54) is 5.56 Å². The van der Waals surface area contributed by atoms with E-state index in [-0.39, 0.29) is 6.04 Å². The molecule has 2 aliphatic carbocycles. The van der Waals surface area contributed by atoms with Crippen LogP contribution in [0.15, 0.2) is 29.4 Å². The molecule has 3 aromatic rings. The third-order valence-corrected chi connectivity index (χ3v) is 8.10. The zero-order valence-electron chi connectivity index (χ0n) is 21.7. The molecule has 2 saturated carbocycles. The van der Waals surface area contributed by atoms with E-state index >= 15 is 0 Å². The van der Waals surface area contributed by atoms with Crippen molar-refractivity contribution in [1.82, 2.24) is 30.3 Å². The van der Waals surface area contributed by atoms with Gasteiger partial charge in [-0.3, -0.25) is 0 Å². The van der Waals surface area contributed by atoms with Crippen molar-refractivity contribution < 1.29 is 20.1 Å². The van der Waals surface area contributed by atoms with Crippen molar-refractivity contribution in [2.75, 3.05) is 24.2 Å². The number of carboxylic acid groups (broad SMARTS) is 1. The number of halogens is 1. The van der Waals surface area contributed by atoms with E-state index in [1.807, 2.05) is 19.2 Å². The maximum absolute atomic E-state index is 10.4. The first kappa shape index (κ1) is 28.3. The first-order valence-electron chi connectivity index (χ1n) is 12.8. The Kier molecular flexibility index (Phi) is 9.29. The minimum absolute atomic E-state index is 0.308. The van der Waals surface area contributed by atoms with E-state index in [2.05, 4.69) is 39.6 Å². The summed E-state index contributed by atoms with van der Waals surface area (Å²) in [6, 6.07) is 8.00. The number of hydrogen-bond donors (Lipinski definition) is 4. The van der Waals surface area contributed by atoms with Crippen LogP contribution < -0.4 is 10.2 Å².